The summed E-state index contributed by atoms with van der Waals surface area (Å²) in [4.78, 5) is 44.4. The number of carbonyl (C=O) groups excluding carboxylic acids is 2. The second-order valence-electron chi connectivity index (χ2n) is 6.35. The van der Waals surface area contributed by atoms with Crippen LogP contribution >= 0.6 is 11.3 Å². The Morgan fingerprint density at radius 2 is 1.96 bits per heavy atom. The molecule has 3 rings (SSSR count). The van der Waals surface area contributed by atoms with E-state index in [1.807, 2.05) is 30.3 Å². The van der Waals surface area contributed by atoms with E-state index in [2.05, 4.69) is 4.98 Å². The first kappa shape index (κ1) is 19.8. The highest BCUT2D eigenvalue weighted by Gasteiger charge is 2.25. The van der Waals surface area contributed by atoms with Gasteiger partial charge in [-0.15, -0.1) is 11.3 Å². The van der Waals surface area contributed by atoms with Crippen LogP contribution in [0.3, 0.4) is 0 Å². The number of fused-ring (bicyclic) bond motifs is 1. The maximum absolute atomic E-state index is 13.3. The zero-order valence-electron chi connectivity index (χ0n) is 16.0. The number of nitrogens with zero attached hydrogens (tertiary/aromatic N) is 3. The summed E-state index contributed by atoms with van der Waals surface area (Å²) in [6, 6.07) is 9.42. The minimum atomic E-state index is -0.473. The van der Waals surface area contributed by atoms with Crippen molar-refractivity contribution in [2.24, 2.45) is 7.05 Å². The largest absolute Gasteiger partial charge is 0.465 e. The lowest BCUT2D eigenvalue weighted by atomic mass is 10.1. The van der Waals surface area contributed by atoms with E-state index < -0.39 is 5.97 Å². The fourth-order valence-corrected chi connectivity index (χ4v) is 4.03. The molecular formula is C20H21N3O4S. The molecule has 0 aliphatic carbocycles. The molecular weight excluding hydrogens is 378 g/mol. The van der Waals surface area contributed by atoms with E-state index in [1.54, 1.807) is 20.9 Å². The molecule has 0 fully saturated rings. The standard InChI is InChI=1S/C20H21N3O4S/c1-4-27-15(24)11-23(10-14-8-6-5-7-9-14)20(26)17-13(2)16-18(28-17)21-12-22(3)19(16)25/h5-9,12H,4,10-11H2,1-3H3. The molecule has 0 aliphatic heterocycles. The van der Waals surface area contributed by atoms with Gasteiger partial charge in [0.25, 0.3) is 11.5 Å². The average Bonchev–Trinajstić information content (AvgIpc) is 3.02. The number of rotatable bonds is 6. The summed E-state index contributed by atoms with van der Waals surface area (Å²) >= 11 is 1.17. The third kappa shape index (κ3) is 3.96. The SMILES string of the molecule is CCOC(=O)CN(Cc1ccccc1)C(=O)c1sc2ncn(C)c(=O)c2c1C. The van der Waals surface area contributed by atoms with Crippen LogP contribution in [0.1, 0.15) is 27.7 Å². The van der Waals surface area contributed by atoms with E-state index in [1.165, 1.54) is 27.1 Å². The number of benzene rings is 1. The van der Waals surface area contributed by atoms with Gasteiger partial charge < -0.3 is 14.2 Å². The summed E-state index contributed by atoms with van der Waals surface area (Å²) in [7, 11) is 1.62. The van der Waals surface area contributed by atoms with Crippen LogP contribution in [0.25, 0.3) is 10.2 Å². The molecule has 3 aromatic rings. The molecule has 7 nitrogen and oxygen atoms in total. The van der Waals surface area contributed by atoms with Crippen molar-refractivity contribution in [3.63, 3.8) is 0 Å². The normalized spacial score (nSPS) is 10.8. The fraction of sp³-hybridized carbons (Fsp3) is 0.300. The Hall–Kier alpha value is -3.00. The number of aryl methyl sites for hydroxylation is 2. The number of carbonyl (C=O) groups is 2. The minimum absolute atomic E-state index is 0.166. The first-order valence-electron chi connectivity index (χ1n) is 8.86. The molecule has 0 N–H and O–H groups in total. The molecule has 0 spiro atoms. The first-order chi connectivity index (χ1) is 13.4. The van der Waals surface area contributed by atoms with E-state index >= 15 is 0 Å². The number of esters is 1. The molecule has 0 unspecified atom stereocenters. The van der Waals surface area contributed by atoms with Crippen LogP contribution in [0.15, 0.2) is 41.5 Å². The molecule has 1 amide bonds. The molecule has 2 heterocycles. The first-order valence-corrected chi connectivity index (χ1v) is 9.67. The van der Waals surface area contributed by atoms with E-state index in [-0.39, 0.29) is 31.2 Å². The summed E-state index contributed by atoms with van der Waals surface area (Å²) in [5, 5.41) is 0.439. The lowest BCUT2D eigenvalue weighted by molar-refractivity contribution is -0.143. The average molecular weight is 399 g/mol. The second-order valence-corrected chi connectivity index (χ2v) is 7.35. The van der Waals surface area contributed by atoms with E-state index in [0.717, 1.165) is 5.56 Å². The highest BCUT2D eigenvalue weighted by atomic mass is 32.1. The predicted molar refractivity (Wildman–Crippen MR) is 107 cm³/mol. The molecule has 28 heavy (non-hydrogen) atoms. The molecule has 1 aromatic carbocycles. The Kier molecular flexibility index (Phi) is 5.89. The third-order valence-corrected chi connectivity index (χ3v) is 5.52. The number of aromatic nitrogens is 2. The monoisotopic (exact) mass is 399 g/mol. The smallest absolute Gasteiger partial charge is 0.325 e. The van der Waals surface area contributed by atoms with Gasteiger partial charge in [0.05, 0.1) is 23.2 Å². The number of ether oxygens (including phenoxy) is 1. The Labute approximate surface area is 166 Å². The van der Waals surface area contributed by atoms with Gasteiger partial charge in [0.15, 0.2) is 0 Å². The van der Waals surface area contributed by atoms with Crippen molar-refractivity contribution >= 4 is 33.4 Å². The lowest BCUT2D eigenvalue weighted by Crippen LogP contribution is -2.36. The molecule has 0 saturated carbocycles. The zero-order chi connectivity index (χ0) is 20.3. The van der Waals surface area contributed by atoms with Crippen LogP contribution in [-0.4, -0.2) is 39.5 Å². The highest BCUT2D eigenvalue weighted by Crippen LogP contribution is 2.28. The van der Waals surface area contributed by atoms with Gasteiger partial charge in [-0.25, -0.2) is 4.98 Å². The molecule has 0 bridgehead atoms. The van der Waals surface area contributed by atoms with Gasteiger partial charge >= 0.3 is 5.97 Å². The number of amides is 1. The van der Waals surface area contributed by atoms with Crippen LogP contribution in [0, 0.1) is 6.92 Å². The van der Waals surface area contributed by atoms with Gasteiger partial charge in [-0.05, 0) is 25.0 Å². The van der Waals surface area contributed by atoms with E-state index in [4.69, 9.17) is 4.74 Å². The molecule has 2 aromatic heterocycles. The zero-order valence-corrected chi connectivity index (χ0v) is 16.8. The van der Waals surface area contributed by atoms with Crippen molar-refractivity contribution in [1.29, 1.82) is 0 Å². The van der Waals surface area contributed by atoms with Crippen LogP contribution in [0.2, 0.25) is 0 Å². The van der Waals surface area contributed by atoms with Crippen LogP contribution in [0.4, 0.5) is 0 Å². The maximum Gasteiger partial charge on any atom is 0.325 e. The molecule has 146 valence electrons. The third-order valence-electron chi connectivity index (χ3n) is 4.33. The van der Waals surface area contributed by atoms with Crippen LogP contribution in [0.5, 0.6) is 0 Å². The minimum Gasteiger partial charge on any atom is -0.465 e. The van der Waals surface area contributed by atoms with Gasteiger partial charge in [0.2, 0.25) is 0 Å². The predicted octanol–water partition coefficient (Wildman–Crippen LogP) is 2.51. The van der Waals surface area contributed by atoms with Gasteiger partial charge in [0.1, 0.15) is 11.4 Å². The van der Waals surface area contributed by atoms with Crippen molar-refractivity contribution in [3.8, 4) is 0 Å². The number of hydrogen-bond donors (Lipinski definition) is 0. The van der Waals surface area contributed by atoms with Gasteiger partial charge in [0, 0.05) is 13.6 Å². The Balaban J connectivity index is 1.99. The molecule has 0 atom stereocenters. The van der Waals surface area contributed by atoms with Gasteiger partial charge in [-0.3, -0.25) is 14.4 Å². The highest BCUT2D eigenvalue weighted by molar-refractivity contribution is 7.20. The summed E-state index contributed by atoms with van der Waals surface area (Å²) < 4.78 is 6.41. The Bertz CT molecular complexity index is 1070. The molecule has 0 radical (unpaired) electrons. The van der Waals surface area contributed by atoms with E-state index in [0.29, 0.717) is 20.7 Å². The van der Waals surface area contributed by atoms with Crippen molar-refractivity contribution in [2.75, 3.05) is 13.2 Å². The summed E-state index contributed by atoms with van der Waals surface area (Å²) in [6.45, 7) is 3.80. The quantitative estimate of drug-likeness (QED) is 0.595. The van der Waals surface area contributed by atoms with Crippen LogP contribution in [-0.2, 0) is 23.1 Å². The summed E-state index contributed by atoms with van der Waals surface area (Å²) in [5.74, 6) is -0.793. The van der Waals surface area contributed by atoms with Gasteiger partial charge in [-0.2, -0.15) is 0 Å². The van der Waals surface area contributed by atoms with Crippen molar-refractivity contribution < 1.29 is 14.3 Å². The fourth-order valence-electron chi connectivity index (χ4n) is 2.92. The second kappa shape index (κ2) is 8.35. The molecule has 0 aliphatic rings. The Morgan fingerprint density at radius 3 is 2.64 bits per heavy atom. The number of hydrogen-bond acceptors (Lipinski definition) is 6. The van der Waals surface area contributed by atoms with Crippen molar-refractivity contribution in [3.05, 3.63) is 63.0 Å². The Morgan fingerprint density at radius 1 is 1.25 bits per heavy atom. The van der Waals surface area contributed by atoms with Crippen molar-refractivity contribution in [1.82, 2.24) is 14.5 Å². The van der Waals surface area contributed by atoms with Gasteiger partial charge in [-0.1, -0.05) is 30.3 Å². The van der Waals surface area contributed by atoms with E-state index in [9.17, 15) is 14.4 Å². The molecule has 8 heteroatoms. The summed E-state index contributed by atoms with van der Waals surface area (Å²) in [6.07, 6.45) is 1.44. The topological polar surface area (TPSA) is 81.5 Å². The lowest BCUT2D eigenvalue weighted by Gasteiger charge is -2.21. The maximum atomic E-state index is 13.3. The van der Waals surface area contributed by atoms with Crippen molar-refractivity contribution in [2.45, 2.75) is 20.4 Å². The molecule has 0 saturated heterocycles. The van der Waals surface area contributed by atoms with Crippen LogP contribution < -0.4 is 5.56 Å². The summed E-state index contributed by atoms with van der Waals surface area (Å²) in [5.41, 5.74) is 1.28. The number of thiophene rings is 1.